The molecule has 0 unspecified atom stereocenters. The summed E-state index contributed by atoms with van der Waals surface area (Å²) in [7, 11) is 1.20. The fourth-order valence-electron chi connectivity index (χ4n) is 2.79. The van der Waals surface area contributed by atoms with E-state index in [4.69, 9.17) is 16.3 Å². The van der Waals surface area contributed by atoms with Gasteiger partial charge in [0.05, 0.1) is 23.4 Å². The van der Waals surface area contributed by atoms with Crippen LogP contribution < -0.4 is 10.7 Å². The fourth-order valence-corrected chi connectivity index (χ4v) is 3.81. The first-order chi connectivity index (χ1) is 13.8. The van der Waals surface area contributed by atoms with Crippen LogP contribution in [-0.2, 0) is 9.53 Å². The number of ether oxygens (including phenoxy) is 1. The number of nitrogens with one attached hydrogen (secondary N) is 2. The van der Waals surface area contributed by atoms with Gasteiger partial charge in [-0.2, -0.15) is 0 Å². The van der Waals surface area contributed by atoms with Crippen LogP contribution >= 0.6 is 23.4 Å². The number of hydrogen-bond donors (Lipinski definition) is 2. The number of aryl methyl sites for hydroxylation is 2. The molecule has 0 spiro atoms. The van der Waals surface area contributed by atoms with E-state index in [0.29, 0.717) is 21.6 Å². The van der Waals surface area contributed by atoms with Crippen LogP contribution in [0.5, 0.6) is 0 Å². The van der Waals surface area contributed by atoms with Crippen molar-refractivity contribution in [3.63, 3.8) is 0 Å². The molecule has 29 heavy (non-hydrogen) atoms. The summed E-state index contributed by atoms with van der Waals surface area (Å²) < 4.78 is 4.76. The SMILES string of the molecule is COC(=O)c1c(SCC(=O)Nc2ccc(C)c(C)c2)[nH]c2cc(Cl)ccc2c1=O. The molecule has 6 nitrogen and oxygen atoms in total. The molecule has 0 atom stereocenters. The third kappa shape index (κ3) is 4.63. The number of rotatable bonds is 5. The predicted molar refractivity (Wildman–Crippen MR) is 116 cm³/mol. The molecule has 3 rings (SSSR count). The van der Waals surface area contributed by atoms with E-state index in [2.05, 4.69) is 10.3 Å². The molecule has 1 aromatic heterocycles. The summed E-state index contributed by atoms with van der Waals surface area (Å²) in [5, 5.41) is 3.84. The molecule has 1 heterocycles. The number of amides is 1. The maximum absolute atomic E-state index is 12.8. The summed E-state index contributed by atoms with van der Waals surface area (Å²) in [4.78, 5) is 40.4. The van der Waals surface area contributed by atoms with Crippen LogP contribution in [0.2, 0.25) is 5.02 Å². The molecule has 2 N–H and O–H groups in total. The number of benzene rings is 2. The molecule has 3 aromatic rings. The summed E-state index contributed by atoms with van der Waals surface area (Å²) in [6, 6.07) is 10.4. The number of anilines is 1. The fraction of sp³-hybridized carbons (Fsp3) is 0.190. The molecular formula is C21H19ClN2O4S. The number of carbonyl (C=O) groups is 2. The minimum absolute atomic E-state index is 0.00106. The number of thioether (sulfide) groups is 1. The van der Waals surface area contributed by atoms with Gasteiger partial charge in [-0.25, -0.2) is 4.79 Å². The first-order valence-electron chi connectivity index (χ1n) is 8.74. The second-order valence-corrected chi connectivity index (χ2v) is 7.90. The molecule has 0 fully saturated rings. The number of hydrogen-bond acceptors (Lipinski definition) is 5. The molecule has 0 aliphatic heterocycles. The monoisotopic (exact) mass is 430 g/mol. The molecule has 0 radical (unpaired) electrons. The van der Waals surface area contributed by atoms with E-state index < -0.39 is 11.4 Å². The highest BCUT2D eigenvalue weighted by molar-refractivity contribution is 8.00. The Bertz CT molecular complexity index is 1170. The van der Waals surface area contributed by atoms with Crippen molar-refractivity contribution in [3.05, 3.63) is 68.3 Å². The van der Waals surface area contributed by atoms with Crippen LogP contribution in [0.3, 0.4) is 0 Å². The van der Waals surface area contributed by atoms with E-state index in [9.17, 15) is 14.4 Å². The summed E-state index contributed by atoms with van der Waals surface area (Å²) in [5.74, 6) is -1.03. The van der Waals surface area contributed by atoms with E-state index in [1.165, 1.54) is 7.11 Å². The van der Waals surface area contributed by atoms with Gasteiger partial charge in [-0.05, 0) is 55.3 Å². The zero-order chi connectivity index (χ0) is 21.1. The van der Waals surface area contributed by atoms with Crippen LogP contribution in [0.1, 0.15) is 21.5 Å². The Morgan fingerprint density at radius 3 is 2.59 bits per heavy atom. The molecule has 0 aliphatic carbocycles. The molecule has 0 aliphatic rings. The zero-order valence-corrected chi connectivity index (χ0v) is 17.7. The van der Waals surface area contributed by atoms with Crippen molar-refractivity contribution in [1.82, 2.24) is 4.98 Å². The standard InChI is InChI=1S/C21H19ClN2O4S/c1-11-4-6-14(8-12(11)2)23-17(25)10-29-20-18(21(27)28-3)19(26)15-7-5-13(22)9-16(15)24-20/h4-9H,10H2,1-3H3,(H,23,25)(H,24,26). The normalized spacial score (nSPS) is 10.8. The summed E-state index contributed by atoms with van der Waals surface area (Å²) in [6.07, 6.45) is 0. The topological polar surface area (TPSA) is 88.3 Å². The lowest BCUT2D eigenvalue weighted by Gasteiger charge is -2.11. The number of pyridine rings is 1. The number of esters is 1. The van der Waals surface area contributed by atoms with E-state index in [-0.39, 0.29) is 22.2 Å². The van der Waals surface area contributed by atoms with E-state index in [0.717, 1.165) is 22.9 Å². The largest absolute Gasteiger partial charge is 0.465 e. The van der Waals surface area contributed by atoms with Gasteiger partial charge in [0.15, 0.2) is 0 Å². The summed E-state index contributed by atoms with van der Waals surface area (Å²) in [5.41, 5.74) is 2.76. The van der Waals surface area contributed by atoms with Crippen molar-refractivity contribution >= 4 is 51.8 Å². The third-order valence-corrected chi connectivity index (χ3v) is 5.69. The highest BCUT2D eigenvalue weighted by Gasteiger charge is 2.21. The minimum Gasteiger partial charge on any atom is -0.465 e. The molecule has 2 aromatic carbocycles. The highest BCUT2D eigenvalue weighted by atomic mass is 35.5. The van der Waals surface area contributed by atoms with Gasteiger partial charge in [-0.15, -0.1) is 0 Å². The molecular weight excluding hydrogens is 412 g/mol. The van der Waals surface area contributed by atoms with Gasteiger partial charge in [0.1, 0.15) is 5.56 Å². The Hall–Kier alpha value is -2.77. The van der Waals surface area contributed by atoms with Gasteiger partial charge >= 0.3 is 5.97 Å². The van der Waals surface area contributed by atoms with Crippen LogP contribution in [0.25, 0.3) is 10.9 Å². The highest BCUT2D eigenvalue weighted by Crippen LogP contribution is 2.24. The second-order valence-electron chi connectivity index (χ2n) is 6.48. The number of fused-ring (bicyclic) bond motifs is 1. The lowest BCUT2D eigenvalue weighted by Crippen LogP contribution is -2.20. The van der Waals surface area contributed by atoms with Gasteiger partial charge in [0, 0.05) is 16.1 Å². The quantitative estimate of drug-likeness (QED) is 0.465. The predicted octanol–water partition coefficient (Wildman–Crippen LogP) is 4.32. The molecule has 0 bridgehead atoms. The van der Waals surface area contributed by atoms with Gasteiger partial charge < -0.3 is 15.0 Å². The smallest absolute Gasteiger partial charge is 0.344 e. The van der Waals surface area contributed by atoms with E-state index >= 15 is 0 Å². The number of halogens is 1. The first-order valence-corrected chi connectivity index (χ1v) is 10.1. The average molecular weight is 431 g/mol. The number of H-pyrrole nitrogens is 1. The van der Waals surface area contributed by atoms with Crippen molar-refractivity contribution in [2.75, 3.05) is 18.2 Å². The molecule has 8 heteroatoms. The van der Waals surface area contributed by atoms with Crippen LogP contribution in [0.15, 0.2) is 46.2 Å². The maximum atomic E-state index is 12.8. The van der Waals surface area contributed by atoms with Crippen molar-refractivity contribution < 1.29 is 14.3 Å². The van der Waals surface area contributed by atoms with Crippen molar-refractivity contribution in [2.45, 2.75) is 18.9 Å². The van der Waals surface area contributed by atoms with Crippen molar-refractivity contribution in [3.8, 4) is 0 Å². The van der Waals surface area contributed by atoms with Gasteiger partial charge in [0.2, 0.25) is 11.3 Å². The Labute approximate surface area is 176 Å². The van der Waals surface area contributed by atoms with Crippen molar-refractivity contribution in [1.29, 1.82) is 0 Å². The Balaban J connectivity index is 1.88. The molecule has 1 amide bonds. The van der Waals surface area contributed by atoms with Crippen LogP contribution in [0.4, 0.5) is 5.69 Å². The molecule has 0 saturated heterocycles. The molecule has 150 valence electrons. The Morgan fingerprint density at radius 1 is 1.14 bits per heavy atom. The summed E-state index contributed by atoms with van der Waals surface area (Å²) >= 11 is 7.06. The lowest BCUT2D eigenvalue weighted by atomic mass is 10.1. The van der Waals surface area contributed by atoms with E-state index in [1.807, 2.05) is 32.0 Å². The van der Waals surface area contributed by atoms with Crippen molar-refractivity contribution in [2.24, 2.45) is 0 Å². The number of aromatic amines is 1. The number of carbonyl (C=O) groups excluding carboxylic acids is 2. The minimum atomic E-state index is -0.764. The van der Waals surface area contributed by atoms with Gasteiger partial charge in [-0.1, -0.05) is 29.4 Å². The third-order valence-electron chi connectivity index (χ3n) is 4.46. The summed E-state index contributed by atoms with van der Waals surface area (Å²) in [6.45, 7) is 3.96. The average Bonchev–Trinajstić information content (AvgIpc) is 2.68. The molecule has 0 saturated carbocycles. The second kappa shape index (κ2) is 8.71. The Morgan fingerprint density at radius 2 is 1.90 bits per heavy atom. The number of methoxy groups -OCH3 is 1. The van der Waals surface area contributed by atoms with Crippen LogP contribution in [-0.4, -0.2) is 29.7 Å². The first kappa shape index (κ1) is 21.0. The van der Waals surface area contributed by atoms with Crippen LogP contribution in [0, 0.1) is 13.8 Å². The Kier molecular flexibility index (Phi) is 6.30. The van der Waals surface area contributed by atoms with Gasteiger partial charge in [-0.3, -0.25) is 9.59 Å². The lowest BCUT2D eigenvalue weighted by molar-refractivity contribution is -0.113. The number of aromatic nitrogens is 1. The van der Waals surface area contributed by atoms with E-state index in [1.54, 1.807) is 18.2 Å². The zero-order valence-electron chi connectivity index (χ0n) is 16.1. The van der Waals surface area contributed by atoms with Gasteiger partial charge in [0.25, 0.3) is 0 Å². The maximum Gasteiger partial charge on any atom is 0.344 e.